The summed E-state index contributed by atoms with van der Waals surface area (Å²) >= 11 is 0. The topological polar surface area (TPSA) is 92.5 Å². The first-order valence-electron chi connectivity index (χ1n) is 6.76. The summed E-state index contributed by atoms with van der Waals surface area (Å²) in [5, 5.41) is 2.85. The van der Waals surface area contributed by atoms with Crippen LogP contribution in [0.5, 0.6) is 0 Å². The molecule has 0 aromatic heterocycles. The van der Waals surface area contributed by atoms with E-state index in [-0.39, 0.29) is 36.0 Å². The lowest BCUT2D eigenvalue weighted by Crippen LogP contribution is -2.50. The Labute approximate surface area is 127 Å². The van der Waals surface area contributed by atoms with E-state index in [1.54, 1.807) is 6.92 Å². The van der Waals surface area contributed by atoms with E-state index in [2.05, 4.69) is 5.32 Å². The Kier molecular flexibility index (Phi) is 8.01. The number of hydrogen-bond donors (Lipinski definition) is 2. The Morgan fingerprint density at radius 2 is 1.80 bits per heavy atom. The van der Waals surface area contributed by atoms with E-state index < -0.39 is 16.1 Å². The van der Waals surface area contributed by atoms with E-state index in [1.165, 1.54) is 4.31 Å². The number of rotatable bonds is 5. The lowest BCUT2D eigenvalue weighted by atomic mass is 10.1. The zero-order valence-electron chi connectivity index (χ0n) is 12.3. The molecule has 0 unspecified atom stereocenters. The number of nitrogens with zero attached hydrogens (tertiary/aromatic N) is 1. The minimum absolute atomic E-state index is 0. The van der Waals surface area contributed by atoms with Gasteiger partial charge in [-0.1, -0.05) is 13.8 Å². The Morgan fingerprint density at radius 1 is 1.30 bits per heavy atom. The number of carbonyl (C=O) groups is 1. The van der Waals surface area contributed by atoms with Gasteiger partial charge in [0, 0.05) is 19.1 Å². The van der Waals surface area contributed by atoms with Crippen LogP contribution in [0.4, 0.5) is 0 Å². The number of amides is 1. The quantitative estimate of drug-likeness (QED) is 0.760. The van der Waals surface area contributed by atoms with Crippen molar-refractivity contribution >= 4 is 28.3 Å². The van der Waals surface area contributed by atoms with Crippen molar-refractivity contribution in [2.75, 3.05) is 18.8 Å². The molecule has 0 bridgehead atoms. The van der Waals surface area contributed by atoms with Crippen molar-refractivity contribution < 1.29 is 13.2 Å². The first-order chi connectivity index (χ1) is 8.72. The fourth-order valence-electron chi connectivity index (χ4n) is 2.14. The van der Waals surface area contributed by atoms with E-state index in [1.807, 2.05) is 13.8 Å². The van der Waals surface area contributed by atoms with Crippen molar-refractivity contribution in [2.24, 2.45) is 11.7 Å². The van der Waals surface area contributed by atoms with Gasteiger partial charge in [-0.2, -0.15) is 0 Å². The SMILES string of the molecule is CC(C)CS(=O)(=O)N1CCC(NC(=O)[C@@H](C)N)CC1.Cl. The number of piperidine rings is 1. The Morgan fingerprint density at radius 3 is 2.20 bits per heavy atom. The number of nitrogens with one attached hydrogen (secondary N) is 1. The highest BCUT2D eigenvalue weighted by atomic mass is 35.5. The summed E-state index contributed by atoms with van der Waals surface area (Å²) in [7, 11) is -3.15. The highest BCUT2D eigenvalue weighted by molar-refractivity contribution is 7.89. The van der Waals surface area contributed by atoms with Gasteiger partial charge in [0.15, 0.2) is 0 Å². The fourth-order valence-corrected chi connectivity index (χ4v) is 3.96. The zero-order chi connectivity index (χ0) is 14.6. The van der Waals surface area contributed by atoms with Crippen molar-refractivity contribution in [1.29, 1.82) is 0 Å². The van der Waals surface area contributed by atoms with Crippen LogP contribution in [0.1, 0.15) is 33.6 Å². The maximum absolute atomic E-state index is 12.1. The van der Waals surface area contributed by atoms with E-state index in [9.17, 15) is 13.2 Å². The molecule has 3 N–H and O–H groups in total. The van der Waals surface area contributed by atoms with Crippen LogP contribution < -0.4 is 11.1 Å². The maximum Gasteiger partial charge on any atom is 0.236 e. The van der Waals surface area contributed by atoms with Gasteiger partial charge in [-0.05, 0) is 25.7 Å². The molecule has 1 amide bonds. The molecule has 1 aliphatic rings. The summed E-state index contributed by atoms with van der Waals surface area (Å²) in [6.45, 7) is 6.37. The lowest BCUT2D eigenvalue weighted by Gasteiger charge is -2.32. The van der Waals surface area contributed by atoms with Crippen LogP contribution in [0, 0.1) is 5.92 Å². The second kappa shape index (κ2) is 8.17. The van der Waals surface area contributed by atoms with Gasteiger partial charge >= 0.3 is 0 Å². The van der Waals surface area contributed by atoms with Gasteiger partial charge in [-0.25, -0.2) is 12.7 Å². The molecular weight excluding hydrogens is 302 g/mol. The fraction of sp³-hybridized carbons (Fsp3) is 0.917. The number of carbonyl (C=O) groups excluding carboxylic acids is 1. The molecule has 0 aromatic rings. The summed E-state index contributed by atoms with van der Waals surface area (Å²) in [6.07, 6.45) is 1.30. The average molecular weight is 328 g/mol. The van der Waals surface area contributed by atoms with E-state index in [0.29, 0.717) is 25.9 Å². The normalized spacial score (nSPS) is 19.4. The van der Waals surface area contributed by atoms with Gasteiger partial charge in [0.2, 0.25) is 15.9 Å². The zero-order valence-corrected chi connectivity index (χ0v) is 14.0. The van der Waals surface area contributed by atoms with E-state index in [0.717, 1.165) is 0 Å². The van der Waals surface area contributed by atoms with Crippen LogP contribution >= 0.6 is 12.4 Å². The predicted octanol–water partition coefficient (Wildman–Crippen LogP) is 0.322. The molecule has 1 saturated heterocycles. The standard InChI is InChI=1S/C12H25N3O3S.ClH/c1-9(2)8-19(17,18)15-6-4-11(5-7-15)14-12(16)10(3)13;/h9-11H,4-8,13H2,1-3H3,(H,14,16);1H/t10-;/m1./s1. The molecule has 1 heterocycles. The van der Waals surface area contributed by atoms with Gasteiger partial charge in [0.1, 0.15) is 0 Å². The highest BCUT2D eigenvalue weighted by Crippen LogP contribution is 2.16. The summed E-state index contributed by atoms with van der Waals surface area (Å²) in [6, 6.07) is -0.494. The highest BCUT2D eigenvalue weighted by Gasteiger charge is 2.29. The van der Waals surface area contributed by atoms with Crippen LogP contribution in [-0.2, 0) is 14.8 Å². The Balaban J connectivity index is 0.00000361. The van der Waals surface area contributed by atoms with Crippen LogP contribution in [-0.4, -0.2) is 49.6 Å². The maximum atomic E-state index is 12.1. The van der Waals surface area contributed by atoms with Crippen molar-refractivity contribution in [3.05, 3.63) is 0 Å². The van der Waals surface area contributed by atoms with Crippen molar-refractivity contribution in [1.82, 2.24) is 9.62 Å². The molecule has 1 fully saturated rings. The second-order valence-corrected chi connectivity index (χ2v) is 7.66. The van der Waals surface area contributed by atoms with Gasteiger partial charge in [0.05, 0.1) is 11.8 Å². The molecule has 1 rings (SSSR count). The second-order valence-electron chi connectivity index (χ2n) is 5.64. The smallest absolute Gasteiger partial charge is 0.236 e. The first-order valence-corrected chi connectivity index (χ1v) is 8.37. The molecule has 1 aliphatic heterocycles. The third kappa shape index (κ3) is 5.95. The van der Waals surface area contributed by atoms with Crippen LogP contribution in [0.15, 0.2) is 0 Å². The van der Waals surface area contributed by atoms with E-state index >= 15 is 0 Å². The van der Waals surface area contributed by atoms with Gasteiger partial charge in [0.25, 0.3) is 0 Å². The summed E-state index contributed by atoms with van der Waals surface area (Å²) in [5.74, 6) is 0.133. The van der Waals surface area contributed by atoms with Crippen molar-refractivity contribution in [3.8, 4) is 0 Å². The molecular formula is C12H26ClN3O3S. The molecule has 0 saturated carbocycles. The monoisotopic (exact) mass is 327 g/mol. The number of sulfonamides is 1. The molecule has 0 radical (unpaired) electrons. The largest absolute Gasteiger partial charge is 0.352 e. The minimum Gasteiger partial charge on any atom is -0.352 e. The minimum atomic E-state index is -3.15. The Bertz CT molecular complexity index is 404. The number of hydrogen-bond acceptors (Lipinski definition) is 4. The molecule has 120 valence electrons. The molecule has 0 spiro atoms. The average Bonchev–Trinajstić information content (AvgIpc) is 2.27. The number of halogens is 1. The molecule has 6 nitrogen and oxygen atoms in total. The van der Waals surface area contributed by atoms with Gasteiger partial charge in [-0.3, -0.25) is 4.79 Å². The van der Waals surface area contributed by atoms with Crippen molar-refractivity contribution in [3.63, 3.8) is 0 Å². The Hall–Kier alpha value is -0.370. The van der Waals surface area contributed by atoms with Gasteiger partial charge in [-0.15, -0.1) is 12.4 Å². The number of nitrogens with two attached hydrogens (primary N) is 1. The third-order valence-electron chi connectivity index (χ3n) is 3.15. The van der Waals surface area contributed by atoms with Gasteiger partial charge < -0.3 is 11.1 Å². The lowest BCUT2D eigenvalue weighted by molar-refractivity contribution is -0.122. The van der Waals surface area contributed by atoms with Crippen molar-refractivity contribution in [2.45, 2.75) is 45.7 Å². The predicted molar refractivity (Wildman–Crippen MR) is 82.3 cm³/mol. The summed E-state index contributed by atoms with van der Waals surface area (Å²) in [5.41, 5.74) is 5.49. The van der Waals surface area contributed by atoms with E-state index in [4.69, 9.17) is 5.73 Å². The summed E-state index contributed by atoms with van der Waals surface area (Å²) in [4.78, 5) is 11.5. The molecule has 8 heteroatoms. The van der Waals surface area contributed by atoms with Crippen LogP contribution in [0.3, 0.4) is 0 Å². The third-order valence-corrected chi connectivity index (χ3v) is 5.39. The van der Waals surface area contributed by atoms with Crippen LogP contribution in [0.25, 0.3) is 0 Å². The first kappa shape index (κ1) is 19.6. The molecule has 0 aromatic carbocycles. The van der Waals surface area contributed by atoms with Crippen LogP contribution in [0.2, 0.25) is 0 Å². The molecule has 20 heavy (non-hydrogen) atoms. The molecule has 1 atom stereocenters. The molecule has 0 aliphatic carbocycles. The summed E-state index contributed by atoms with van der Waals surface area (Å²) < 4.78 is 25.6.